The lowest BCUT2D eigenvalue weighted by Crippen LogP contribution is -1.87. The molecule has 1 aliphatic rings. The lowest BCUT2D eigenvalue weighted by Gasteiger charge is -2.08. The molecule has 0 heteroatoms. The number of hydrogen-bond donors (Lipinski definition) is 0. The summed E-state index contributed by atoms with van der Waals surface area (Å²) in [7, 11) is 0. The van der Waals surface area contributed by atoms with Crippen LogP contribution in [0.15, 0.2) is 42.5 Å². The highest BCUT2D eigenvalue weighted by Gasteiger charge is 2.01. The zero-order valence-electron chi connectivity index (χ0n) is 7.96. The molecule has 0 nitrogen and oxygen atoms in total. The van der Waals surface area contributed by atoms with Crippen molar-refractivity contribution in [3.05, 3.63) is 53.6 Å². The van der Waals surface area contributed by atoms with Gasteiger partial charge in [0.1, 0.15) is 0 Å². The molecule has 1 aromatic carbocycles. The average Bonchev–Trinajstić information content (AvgIpc) is 2.19. The van der Waals surface area contributed by atoms with Crippen LogP contribution in [0.4, 0.5) is 0 Å². The van der Waals surface area contributed by atoms with Gasteiger partial charge >= 0.3 is 0 Å². The first-order valence-corrected chi connectivity index (χ1v) is 4.77. The van der Waals surface area contributed by atoms with Crippen LogP contribution in [0.3, 0.4) is 0 Å². The maximum Gasteiger partial charge on any atom is -0.00945 e. The first kappa shape index (κ1) is 8.31. The number of hydrogen-bond acceptors (Lipinski definition) is 0. The summed E-state index contributed by atoms with van der Waals surface area (Å²) in [6, 6.07) is 8.72. The Bertz CT molecular complexity index is 356. The molecule has 66 valence electrons. The lowest BCUT2D eigenvalue weighted by atomic mass is 9.97. The van der Waals surface area contributed by atoms with Crippen LogP contribution >= 0.6 is 0 Å². The van der Waals surface area contributed by atoms with Crippen molar-refractivity contribution >= 4 is 5.57 Å². The second-order valence-corrected chi connectivity index (χ2v) is 3.51. The highest BCUT2D eigenvalue weighted by Crippen LogP contribution is 2.23. The first-order valence-electron chi connectivity index (χ1n) is 4.77. The van der Waals surface area contributed by atoms with Gasteiger partial charge in [-0.25, -0.2) is 0 Å². The average molecular weight is 170 g/mol. The van der Waals surface area contributed by atoms with Gasteiger partial charge in [0.2, 0.25) is 0 Å². The van der Waals surface area contributed by atoms with Crippen LogP contribution in [0.2, 0.25) is 0 Å². The summed E-state index contributed by atoms with van der Waals surface area (Å²) in [4.78, 5) is 0. The molecule has 0 bridgehead atoms. The van der Waals surface area contributed by atoms with Gasteiger partial charge < -0.3 is 0 Å². The van der Waals surface area contributed by atoms with E-state index in [0.717, 1.165) is 12.8 Å². The highest BCUT2D eigenvalue weighted by atomic mass is 14.1. The Labute approximate surface area is 79.6 Å². The van der Waals surface area contributed by atoms with Gasteiger partial charge in [0.15, 0.2) is 0 Å². The summed E-state index contributed by atoms with van der Waals surface area (Å²) in [5, 5.41) is 0. The fourth-order valence-electron chi connectivity index (χ4n) is 1.68. The van der Waals surface area contributed by atoms with E-state index in [-0.39, 0.29) is 0 Å². The van der Waals surface area contributed by atoms with Gasteiger partial charge in [0.25, 0.3) is 0 Å². The Hall–Kier alpha value is -1.30. The zero-order chi connectivity index (χ0) is 9.10. The summed E-state index contributed by atoms with van der Waals surface area (Å²) in [6.45, 7) is 2.14. The van der Waals surface area contributed by atoms with Gasteiger partial charge in [-0.2, -0.15) is 0 Å². The summed E-state index contributed by atoms with van der Waals surface area (Å²) >= 11 is 0. The molecule has 0 unspecified atom stereocenters. The first-order chi connectivity index (χ1) is 6.36. The van der Waals surface area contributed by atoms with Crippen LogP contribution in [-0.4, -0.2) is 0 Å². The number of benzene rings is 1. The predicted octanol–water partition coefficient (Wildman–Crippen LogP) is 3.73. The minimum Gasteiger partial charge on any atom is -0.0844 e. The van der Waals surface area contributed by atoms with Crippen molar-refractivity contribution < 1.29 is 0 Å². The molecular formula is C13H14. The van der Waals surface area contributed by atoms with Crippen LogP contribution in [0, 0.1) is 6.92 Å². The smallest absolute Gasteiger partial charge is 0.00945 e. The van der Waals surface area contributed by atoms with E-state index in [1.165, 1.54) is 16.7 Å². The second kappa shape index (κ2) is 3.61. The summed E-state index contributed by atoms with van der Waals surface area (Å²) in [5.74, 6) is 0. The molecule has 0 saturated carbocycles. The molecule has 0 N–H and O–H groups in total. The Kier molecular flexibility index (Phi) is 2.31. The predicted molar refractivity (Wildman–Crippen MR) is 57.5 cm³/mol. The molecule has 0 fully saturated rings. The minimum absolute atomic E-state index is 1.09. The zero-order valence-corrected chi connectivity index (χ0v) is 7.96. The van der Waals surface area contributed by atoms with Crippen molar-refractivity contribution in [2.24, 2.45) is 0 Å². The van der Waals surface area contributed by atoms with Crippen molar-refractivity contribution in [2.45, 2.75) is 19.8 Å². The van der Waals surface area contributed by atoms with E-state index in [1.807, 2.05) is 0 Å². The maximum atomic E-state index is 2.31. The third kappa shape index (κ3) is 1.89. The van der Waals surface area contributed by atoms with Gasteiger partial charge in [-0.3, -0.25) is 0 Å². The van der Waals surface area contributed by atoms with E-state index in [4.69, 9.17) is 0 Å². The lowest BCUT2D eigenvalue weighted by molar-refractivity contribution is 1.24. The van der Waals surface area contributed by atoms with Crippen LogP contribution < -0.4 is 0 Å². The fourth-order valence-corrected chi connectivity index (χ4v) is 1.68. The topological polar surface area (TPSA) is 0 Å². The molecule has 0 saturated heterocycles. The molecular weight excluding hydrogens is 156 g/mol. The number of rotatable bonds is 1. The largest absolute Gasteiger partial charge is 0.0844 e. The maximum absolute atomic E-state index is 2.31. The second-order valence-electron chi connectivity index (χ2n) is 3.51. The third-order valence-corrected chi connectivity index (χ3v) is 2.39. The fraction of sp³-hybridized carbons (Fsp3) is 0.231. The standard InChI is InChI=1S/C13H14/c1-11-6-5-9-13(10-11)12-7-3-2-4-8-12/h2-3,5-6,8-10H,4,7H2,1H3. The highest BCUT2D eigenvalue weighted by molar-refractivity contribution is 5.68. The van der Waals surface area contributed by atoms with Crippen molar-refractivity contribution in [2.75, 3.05) is 0 Å². The summed E-state index contributed by atoms with van der Waals surface area (Å²) in [6.07, 6.45) is 8.96. The van der Waals surface area contributed by atoms with Crippen LogP contribution in [0.5, 0.6) is 0 Å². The van der Waals surface area contributed by atoms with E-state index in [1.54, 1.807) is 0 Å². The van der Waals surface area contributed by atoms with Gasteiger partial charge in [-0.15, -0.1) is 0 Å². The van der Waals surface area contributed by atoms with Crippen LogP contribution in [0.25, 0.3) is 5.57 Å². The monoisotopic (exact) mass is 170 g/mol. The summed E-state index contributed by atoms with van der Waals surface area (Å²) in [5.41, 5.74) is 4.18. The Morgan fingerprint density at radius 3 is 2.77 bits per heavy atom. The number of aryl methyl sites for hydroxylation is 1. The van der Waals surface area contributed by atoms with E-state index >= 15 is 0 Å². The molecule has 0 heterocycles. The molecule has 2 rings (SSSR count). The molecule has 1 aliphatic carbocycles. The SMILES string of the molecule is Cc1cccc(C2=CCC=CC2)c1. The molecule has 0 atom stereocenters. The molecule has 0 aliphatic heterocycles. The summed E-state index contributed by atoms with van der Waals surface area (Å²) < 4.78 is 0. The van der Waals surface area contributed by atoms with Gasteiger partial charge in [0, 0.05) is 0 Å². The minimum atomic E-state index is 1.09. The van der Waals surface area contributed by atoms with E-state index in [2.05, 4.69) is 49.4 Å². The number of allylic oxidation sites excluding steroid dienone is 4. The molecule has 1 aromatic rings. The molecule has 0 radical (unpaired) electrons. The Balaban J connectivity index is 2.30. The van der Waals surface area contributed by atoms with E-state index in [0.29, 0.717) is 0 Å². The Morgan fingerprint density at radius 1 is 1.15 bits per heavy atom. The van der Waals surface area contributed by atoms with Crippen molar-refractivity contribution in [3.8, 4) is 0 Å². The Morgan fingerprint density at radius 2 is 2.08 bits per heavy atom. The van der Waals surface area contributed by atoms with Crippen molar-refractivity contribution in [1.29, 1.82) is 0 Å². The normalized spacial score (nSPS) is 15.6. The van der Waals surface area contributed by atoms with Crippen LogP contribution in [-0.2, 0) is 0 Å². The molecule has 0 aromatic heterocycles. The van der Waals surface area contributed by atoms with Crippen molar-refractivity contribution in [1.82, 2.24) is 0 Å². The van der Waals surface area contributed by atoms with Gasteiger partial charge in [-0.1, -0.05) is 48.1 Å². The quantitative estimate of drug-likeness (QED) is 0.563. The molecule has 0 spiro atoms. The van der Waals surface area contributed by atoms with Crippen molar-refractivity contribution in [3.63, 3.8) is 0 Å². The molecule has 13 heavy (non-hydrogen) atoms. The van der Waals surface area contributed by atoms with E-state index in [9.17, 15) is 0 Å². The van der Waals surface area contributed by atoms with Gasteiger partial charge in [0.05, 0.1) is 0 Å². The molecule has 0 amide bonds. The van der Waals surface area contributed by atoms with E-state index < -0.39 is 0 Å². The van der Waals surface area contributed by atoms with Gasteiger partial charge in [-0.05, 0) is 30.9 Å². The van der Waals surface area contributed by atoms with Crippen LogP contribution in [0.1, 0.15) is 24.0 Å². The third-order valence-electron chi connectivity index (χ3n) is 2.39.